The molecule has 1 aliphatic heterocycles. The van der Waals surface area contributed by atoms with Crippen LogP contribution in [0.3, 0.4) is 0 Å². The molecular weight excluding hydrogens is 332 g/mol. The molecule has 0 bridgehead atoms. The number of morpholine rings is 1. The Balaban J connectivity index is 1.99. The van der Waals surface area contributed by atoms with Crippen molar-refractivity contribution in [2.45, 2.75) is 26.7 Å². The van der Waals surface area contributed by atoms with E-state index >= 15 is 0 Å². The van der Waals surface area contributed by atoms with E-state index in [4.69, 9.17) is 4.74 Å². The number of amides is 2. The third kappa shape index (κ3) is 3.58. The highest BCUT2D eigenvalue weighted by Crippen LogP contribution is 2.18. The van der Waals surface area contributed by atoms with Crippen molar-refractivity contribution in [2.75, 3.05) is 39.4 Å². The second-order valence-electron chi connectivity index (χ2n) is 6.44. The van der Waals surface area contributed by atoms with Crippen molar-refractivity contribution in [3.8, 4) is 0 Å². The molecule has 0 saturated carbocycles. The molecule has 1 aliphatic rings. The number of hydrogen-bond donors (Lipinski definition) is 0. The zero-order valence-electron chi connectivity index (χ0n) is 15.5. The number of ether oxygens (including phenoxy) is 1. The Morgan fingerprint density at radius 3 is 2.50 bits per heavy atom. The topological polar surface area (TPSA) is 67.2 Å². The summed E-state index contributed by atoms with van der Waals surface area (Å²) >= 11 is 0. The first-order chi connectivity index (χ1) is 12.7. The number of carbonyl (C=O) groups is 2. The molecule has 1 saturated heterocycles. The fraction of sp³-hybridized carbons (Fsp3) is 0.526. The second kappa shape index (κ2) is 8.31. The van der Waals surface area contributed by atoms with E-state index in [0.29, 0.717) is 56.4 Å². The van der Waals surface area contributed by atoms with Crippen LogP contribution in [-0.4, -0.2) is 70.4 Å². The monoisotopic (exact) mass is 358 g/mol. The van der Waals surface area contributed by atoms with E-state index in [1.54, 1.807) is 15.5 Å². The van der Waals surface area contributed by atoms with Crippen molar-refractivity contribution in [3.63, 3.8) is 0 Å². The van der Waals surface area contributed by atoms with E-state index in [1.165, 1.54) is 0 Å². The molecule has 26 heavy (non-hydrogen) atoms. The predicted octanol–water partition coefficient (Wildman–Crippen LogP) is 2.07. The highest BCUT2D eigenvalue weighted by molar-refractivity contribution is 6.02. The summed E-state index contributed by atoms with van der Waals surface area (Å²) < 4.78 is 7.04. The van der Waals surface area contributed by atoms with Gasteiger partial charge in [0.2, 0.25) is 5.82 Å². The SMILES string of the molecule is CCCN(CCC)C(=O)c1nc(C(=O)N2CCOCC2)n2ccccc12. The molecule has 2 aromatic rings. The van der Waals surface area contributed by atoms with Gasteiger partial charge in [-0.25, -0.2) is 4.98 Å². The zero-order chi connectivity index (χ0) is 18.5. The molecule has 7 nitrogen and oxygen atoms in total. The molecule has 1 fully saturated rings. The van der Waals surface area contributed by atoms with Gasteiger partial charge in [-0.3, -0.25) is 14.0 Å². The van der Waals surface area contributed by atoms with Crippen LogP contribution in [0, 0.1) is 0 Å². The molecule has 0 N–H and O–H groups in total. The van der Waals surface area contributed by atoms with Gasteiger partial charge >= 0.3 is 0 Å². The number of aromatic nitrogens is 2. The average Bonchev–Trinajstić information content (AvgIpc) is 3.07. The molecule has 2 amide bonds. The van der Waals surface area contributed by atoms with Crippen molar-refractivity contribution in [1.82, 2.24) is 19.2 Å². The van der Waals surface area contributed by atoms with Crippen molar-refractivity contribution < 1.29 is 14.3 Å². The summed E-state index contributed by atoms with van der Waals surface area (Å²) in [4.78, 5) is 34.0. The van der Waals surface area contributed by atoms with Gasteiger partial charge in [-0.15, -0.1) is 0 Å². The molecule has 0 radical (unpaired) electrons. The minimum atomic E-state index is -0.161. The second-order valence-corrected chi connectivity index (χ2v) is 6.44. The minimum absolute atomic E-state index is 0.113. The van der Waals surface area contributed by atoms with Crippen LogP contribution in [0.2, 0.25) is 0 Å². The molecule has 140 valence electrons. The summed E-state index contributed by atoms with van der Waals surface area (Å²) in [6.45, 7) is 7.62. The fourth-order valence-corrected chi connectivity index (χ4v) is 3.26. The number of imidazole rings is 1. The maximum atomic E-state index is 13.1. The lowest BCUT2D eigenvalue weighted by Crippen LogP contribution is -2.41. The van der Waals surface area contributed by atoms with Gasteiger partial charge in [-0.2, -0.15) is 0 Å². The average molecular weight is 358 g/mol. The van der Waals surface area contributed by atoms with Gasteiger partial charge in [0.25, 0.3) is 11.8 Å². The Hall–Kier alpha value is -2.41. The van der Waals surface area contributed by atoms with Crippen LogP contribution in [0.5, 0.6) is 0 Å². The molecule has 2 aromatic heterocycles. The maximum absolute atomic E-state index is 13.1. The van der Waals surface area contributed by atoms with Crippen molar-refractivity contribution in [3.05, 3.63) is 35.9 Å². The molecule has 0 atom stereocenters. The van der Waals surface area contributed by atoms with Crippen LogP contribution < -0.4 is 0 Å². The number of rotatable bonds is 6. The summed E-state index contributed by atoms with van der Waals surface area (Å²) in [5, 5.41) is 0. The normalized spacial score (nSPS) is 14.6. The number of hydrogen-bond acceptors (Lipinski definition) is 4. The molecule has 3 rings (SSSR count). The summed E-state index contributed by atoms with van der Waals surface area (Å²) in [7, 11) is 0. The first-order valence-electron chi connectivity index (χ1n) is 9.30. The minimum Gasteiger partial charge on any atom is -0.378 e. The molecule has 0 aliphatic carbocycles. The highest BCUT2D eigenvalue weighted by atomic mass is 16.5. The van der Waals surface area contributed by atoms with E-state index in [1.807, 2.05) is 23.1 Å². The zero-order valence-corrected chi connectivity index (χ0v) is 15.5. The Morgan fingerprint density at radius 1 is 1.15 bits per heavy atom. The summed E-state index contributed by atoms with van der Waals surface area (Å²) in [5.41, 5.74) is 1.02. The first kappa shape index (κ1) is 18.4. The summed E-state index contributed by atoms with van der Waals surface area (Å²) in [6, 6.07) is 5.54. The van der Waals surface area contributed by atoms with Crippen molar-refractivity contribution in [2.24, 2.45) is 0 Å². The van der Waals surface area contributed by atoms with Crippen molar-refractivity contribution >= 4 is 17.3 Å². The van der Waals surface area contributed by atoms with E-state index in [2.05, 4.69) is 18.8 Å². The predicted molar refractivity (Wildman–Crippen MR) is 98.4 cm³/mol. The van der Waals surface area contributed by atoms with Crippen LogP contribution in [0.4, 0.5) is 0 Å². The van der Waals surface area contributed by atoms with Gasteiger partial charge < -0.3 is 14.5 Å². The Labute approximate surface area is 153 Å². The summed E-state index contributed by atoms with van der Waals surface area (Å²) in [6.07, 6.45) is 3.56. The molecular formula is C19H26N4O3. The quantitative estimate of drug-likeness (QED) is 0.793. The fourth-order valence-electron chi connectivity index (χ4n) is 3.26. The standard InChI is InChI=1S/C19H26N4O3/c1-3-8-21(9-4-2)18(24)16-15-7-5-6-10-23(15)17(20-16)19(25)22-11-13-26-14-12-22/h5-7,10H,3-4,8-9,11-14H2,1-2H3. The van der Waals surface area contributed by atoms with Crippen LogP contribution in [0.15, 0.2) is 24.4 Å². The summed E-state index contributed by atoms with van der Waals surface area (Å²) in [5.74, 6) is 0.0170. The number of nitrogens with zero attached hydrogens (tertiary/aromatic N) is 4. The van der Waals surface area contributed by atoms with E-state index < -0.39 is 0 Å². The van der Waals surface area contributed by atoms with Gasteiger partial charge in [0, 0.05) is 32.4 Å². The highest BCUT2D eigenvalue weighted by Gasteiger charge is 2.27. The Kier molecular flexibility index (Phi) is 5.88. The van der Waals surface area contributed by atoms with Crippen LogP contribution in [-0.2, 0) is 4.74 Å². The molecule has 0 spiro atoms. The lowest BCUT2D eigenvalue weighted by molar-refractivity contribution is 0.0294. The number of carbonyl (C=O) groups excluding carboxylic acids is 2. The van der Waals surface area contributed by atoms with Gasteiger partial charge in [-0.05, 0) is 25.0 Å². The lowest BCUT2D eigenvalue weighted by Gasteiger charge is -2.26. The lowest BCUT2D eigenvalue weighted by atomic mass is 10.2. The molecule has 0 unspecified atom stereocenters. The van der Waals surface area contributed by atoms with E-state index in [0.717, 1.165) is 12.8 Å². The van der Waals surface area contributed by atoms with Gasteiger partial charge in [-0.1, -0.05) is 19.9 Å². The Morgan fingerprint density at radius 2 is 1.85 bits per heavy atom. The van der Waals surface area contributed by atoms with Crippen LogP contribution in [0.25, 0.3) is 5.52 Å². The molecule has 3 heterocycles. The number of pyridine rings is 1. The van der Waals surface area contributed by atoms with Gasteiger partial charge in [0.15, 0.2) is 5.69 Å². The van der Waals surface area contributed by atoms with E-state index in [-0.39, 0.29) is 11.8 Å². The number of fused-ring (bicyclic) bond motifs is 1. The largest absolute Gasteiger partial charge is 0.378 e. The Bertz CT molecular complexity index is 774. The van der Waals surface area contributed by atoms with Gasteiger partial charge in [0.1, 0.15) is 0 Å². The maximum Gasteiger partial charge on any atom is 0.290 e. The first-order valence-corrected chi connectivity index (χ1v) is 9.30. The van der Waals surface area contributed by atoms with Gasteiger partial charge in [0.05, 0.1) is 18.7 Å². The third-order valence-corrected chi connectivity index (χ3v) is 4.51. The smallest absolute Gasteiger partial charge is 0.290 e. The molecule has 7 heteroatoms. The van der Waals surface area contributed by atoms with Crippen molar-refractivity contribution in [1.29, 1.82) is 0 Å². The molecule has 0 aromatic carbocycles. The third-order valence-electron chi connectivity index (χ3n) is 4.51. The van der Waals surface area contributed by atoms with E-state index in [9.17, 15) is 9.59 Å². The van der Waals surface area contributed by atoms with Crippen LogP contribution >= 0.6 is 0 Å². The van der Waals surface area contributed by atoms with Crippen LogP contribution in [0.1, 0.15) is 47.8 Å².